The molecule has 4 rings (SSSR count). The van der Waals surface area contributed by atoms with E-state index in [1.54, 1.807) is 0 Å². The number of halogens is 1. The first-order chi connectivity index (χ1) is 9.72. The quantitative estimate of drug-likeness (QED) is 0.850. The molecule has 1 atom stereocenters. The van der Waals surface area contributed by atoms with Crippen molar-refractivity contribution in [3.8, 4) is 0 Å². The fourth-order valence-electron chi connectivity index (χ4n) is 3.91. The molecule has 106 valence electrons. The molecular formula is C16H19ClN2O. The lowest BCUT2D eigenvalue weighted by Crippen LogP contribution is -2.66. The normalized spacial score (nSPS) is 28.6. The van der Waals surface area contributed by atoms with Crippen LogP contribution in [0.5, 0.6) is 0 Å². The first-order valence-electron chi connectivity index (χ1n) is 7.51. The molecule has 3 fully saturated rings. The molecule has 1 aromatic carbocycles. The molecule has 3 aliphatic rings. The minimum atomic E-state index is -0.151. The van der Waals surface area contributed by atoms with Crippen LogP contribution in [0.2, 0.25) is 5.02 Å². The van der Waals surface area contributed by atoms with Gasteiger partial charge in [-0.05, 0) is 56.5 Å². The van der Waals surface area contributed by atoms with Crippen LogP contribution >= 0.6 is 11.6 Å². The summed E-state index contributed by atoms with van der Waals surface area (Å²) in [6.45, 7) is 1.91. The number of β-lactam (4-membered cyclic amide) rings is 1. The molecule has 1 N–H and O–H groups in total. The highest BCUT2D eigenvalue weighted by Crippen LogP contribution is 2.58. The Hall–Kier alpha value is -1.06. The number of hydrogen-bond donors (Lipinski definition) is 1. The average molecular weight is 291 g/mol. The number of nitrogens with one attached hydrogen (secondary N) is 1. The first-order valence-corrected chi connectivity index (χ1v) is 7.89. The number of likely N-dealkylation sites (tertiary alicyclic amines) is 1. The van der Waals surface area contributed by atoms with E-state index in [0.29, 0.717) is 11.9 Å². The van der Waals surface area contributed by atoms with Gasteiger partial charge in [0, 0.05) is 11.1 Å². The number of nitrogens with zero attached hydrogens (tertiary/aromatic N) is 1. The summed E-state index contributed by atoms with van der Waals surface area (Å²) in [6.07, 6.45) is 4.26. The highest BCUT2D eigenvalue weighted by atomic mass is 35.5. The Balaban J connectivity index is 1.71. The summed E-state index contributed by atoms with van der Waals surface area (Å²) in [5.41, 5.74) is 1.10. The van der Waals surface area contributed by atoms with Crippen LogP contribution in [0.25, 0.3) is 0 Å². The van der Waals surface area contributed by atoms with E-state index < -0.39 is 0 Å². The second-order valence-electron chi connectivity index (χ2n) is 6.30. The molecule has 3 nitrogen and oxygen atoms in total. The topological polar surface area (TPSA) is 32.3 Å². The Morgan fingerprint density at radius 2 is 1.80 bits per heavy atom. The molecule has 0 radical (unpaired) electrons. The summed E-state index contributed by atoms with van der Waals surface area (Å²) in [6, 6.07) is 8.83. The number of rotatable bonds is 2. The van der Waals surface area contributed by atoms with Crippen molar-refractivity contribution in [3.05, 3.63) is 34.9 Å². The lowest BCUT2D eigenvalue weighted by atomic mass is 9.62. The van der Waals surface area contributed by atoms with Gasteiger partial charge in [0.15, 0.2) is 0 Å². The Labute approximate surface area is 124 Å². The van der Waals surface area contributed by atoms with Crippen molar-refractivity contribution in [1.29, 1.82) is 0 Å². The third-order valence-electron chi connectivity index (χ3n) is 5.08. The summed E-state index contributed by atoms with van der Waals surface area (Å²) in [5, 5.41) is 4.14. The van der Waals surface area contributed by atoms with E-state index in [-0.39, 0.29) is 11.5 Å². The van der Waals surface area contributed by atoms with Crippen LogP contribution in [0.3, 0.4) is 0 Å². The predicted octanol–water partition coefficient (Wildman–Crippen LogP) is 2.76. The lowest BCUT2D eigenvalue weighted by molar-refractivity contribution is -0.179. The summed E-state index contributed by atoms with van der Waals surface area (Å²) in [4.78, 5) is 14.9. The van der Waals surface area contributed by atoms with Crippen molar-refractivity contribution in [2.24, 2.45) is 5.41 Å². The summed E-state index contributed by atoms with van der Waals surface area (Å²) in [5.74, 6) is 0.390. The van der Waals surface area contributed by atoms with E-state index in [0.717, 1.165) is 31.0 Å². The fraction of sp³-hybridized carbons (Fsp3) is 0.562. The highest BCUT2D eigenvalue weighted by molar-refractivity contribution is 6.30. The number of piperidine rings is 1. The number of hydrogen-bond acceptors (Lipinski definition) is 2. The van der Waals surface area contributed by atoms with Crippen molar-refractivity contribution in [2.45, 2.75) is 37.8 Å². The third kappa shape index (κ3) is 1.73. The fourth-order valence-corrected chi connectivity index (χ4v) is 4.03. The van der Waals surface area contributed by atoms with Gasteiger partial charge in [-0.25, -0.2) is 0 Å². The predicted molar refractivity (Wildman–Crippen MR) is 78.6 cm³/mol. The summed E-state index contributed by atoms with van der Waals surface area (Å²) >= 11 is 6.00. The molecule has 2 saturated heterocycles. The zero-order valence-corrected chi connectivity index (χ0v) is 12.2. The van der Waals surface area contributed by atoms with Crippen LogP contribution in [0.4, 0.5) is 0 Å². The van der Waals surface area contributed by atoms with Crippen LogP contribution in [0.1, 0.15) is 37.3 Å². The summed E-state index contributed by atoms with van der Waals surface area (Å²) < 4.78 is 0. The van der Waals surface area contributed by atoms with Gasteiger partial charge in [-0.3, -0.25) is 4.79 Å². The van der Waals surface area contributed by atoms with Gasteiger partial charge in [-0.2, -0.15) is 0 Å². The maximum absolute atomic E-state index is 12.7. The molecular weight excluding hydrogens is 272 g/mol. The Bertz CT molecular complexity index is 532. The number of benzene rings is 1. The van der Waals surface area contributed by atoms with E-state index in [1.807, 2.05) is 12.1 Å². The standard InChI is InChI=1S/C16H19ClN2O/c17-12-3-1-11(2-4-12)14-16(7-9-18-10-8-16)15(20)19(14)13-5-6-13/h1-4,13-14,18H,5-10H2. The molecule has 1 aliphatic carbocycles. The second kappa shape index (κ2) is 4.47. The average Bonchev–Trinajstić information content (AvgIpc) is 3.31. The molecule has 0 aromatic heterocycles. The molecule has 1 amide bonds. The zero-order chi connectivity index (χ0) is 13.7. The Kier molecular flexibility index (Phi) is 2.83. The SMILES string of the molecule is O=C1N(C2CC2)C(c2ccc(Cl)cc2)C12CCNCC2. The largest absolute Gasteiger partial charge is 0.331 e. The molecule has 2 aliphatic heterocycles. The van der Waals surface area contributed by atoms with Crippen LogP contribution in [0, 0.1) is 5.41 Å². The minimum absolute atomic E-state index is 0.151. The number of carbonyl (C=O) groups is 1. The van der Waals surface area contributed by atoms with Crippen molar-refractivity contribution in [3.63, 3.8) is 0 Å². The Morgan fingerprint density at radius 3 is 2.40 bits per heavy atom. The molecule has 1 unspecified atom stereocenters. The maximum atomic E-state index is 12.7. The van der Waals surface area contributed by atoms with Gasteiger partial charge in [0.1, 0.15) is 0 Å². The van der Waals surface area contributed by atoms with E-state index in [1.165, 1.54) is 18.4 Å². The second-order valence-corrected chi connectivity index (χ2v) is 6.74. The molecule has 1 spiro atoms. The van der Waals surface area contributed by atoms with Gasteiger partial charge in [0.25, 0.3) is 0 Å². The lowest BCUT2D eigenvalue weighted by Gasteiger charge is -2.58. The molecule has 0 bridgehead atoms. The van der Waals surface area contributed by atoms with Crippen molar-refractivity contribution >= 4 is 17.5 Å². The summed E-state index contributed by atoms with van der Waals surface area (Å²) in [7, 11) is 0. The van der Waals surface area contributed by atoms with Gasteiger partial charge >= 0.3 is 0 Å². The minimum Gasteiger partial charge on any atom is -0.331 e. The van der Waals surface area contributed by atoms with Crippen molar-refractivity contribution in [1.82, 2.24) is 10.2 Å². The molecule has 1 saturated carbocycles. The van der Waals surface area contributed by atoms with Gasteiger partial charge in [-0.1, -0.05) is 23.7 Å². The van der Waals surface area contributed by atoms with Crippen LogP contribution in [0.15, 0.2) is 24.3 Å². The van der Waals surface area contributed by atoms with Gasteiger partial charge in [0.2, 0.25) is 5.91 Å². The highest BCUT2D eigenvalue weighted by Gasteiger charge is 2.63. The van der Waals surface area contributed by atoms with Crippen LogP contribution < -0.4 is 5.32 Å². The van der Waals surface area contributed by atoms with Gasteiger partial charge in [0.05, 0.1) is 11.5 Å². The number of carbonyl (C=O) groups excluding carboxylic acids is 1. The van der Waals surface area contributed by atoms with Crippen LogP contribution in [-0.2, 0) is 4.79 Å². The van der Waals surface area contributed by atoms with E-state index in [4.69, 9.17) is 11.6 Å². The molecule has 2 heterocycles. The number of amides is 1. The van der Waals surface area contributed by atoms with Crippen molar-refractivity contribution in [2.75, 3.05) is 13.1 Å². The van der Waals surface area contributed by atoms with E-state index >= 15 is 0 Å². The van der Waals surface area contributed by atoms with Gasteiger partial charge < -0.3 is 10.2 Å². The Morgan fingerprint density at radius 1 is 1.15 bits per heavy atom. The maximum Gasteiger partial charge on any atom is 0.232 e. The smallest absolute Gasteiger partial charge is 0.232 e. The van der Waals surface area contributed by atoms with Gasteiger partial charge in [-0.15, -0.1) is 0 Å². The molecule has 4 heteroatoms. The molecule has 1 aromatic rings. The first kappa shape index (κ1) is 12.7. The van der Waals surface area contributed by atoms with Crippen molar-refractivity contribution < 1.29 is 4.79 Å². The monoisotopic (exact) mass is 290 g/mol. The van der Waals surface area contributed by atoms with E-state index in [2.05, 4.69) is 22.3 Å². The van der Waals surface area contributed by atoms with E-state index in [9.17, 15) is 4.79 Å². The van der Waals surface area contributed by atoms with Crippen LogP contribution in [-0.4, -0.2) is 29.9 Å². The zero-order valence-electron chi connectivity index (χ0n) is 11.4. The third-order valence-corrected chi connectivity index (χ3v) is 5.34. The molecule has 20 heavy (non-hydrogen) atoms.